The third kappa shape index (κ3) is 1.05. The molecule has 3 fully saturated rings. The fourth-order valence-corrected chi connectivity index (χ4v) is 6.12. The summed E-state index contributed by atoms with van der Waals surface area (Å²) in [5.74, 6) is 0.731. The van der Waals surface area contributed by atoms with E-state index in [-0.39, 0.29) is 16.4 Å². The third-order valence-corrected chi connectivity index (χ3v) is 7.22. The zero-order valence-corrected chi connectivity index (χ0v) is 12.2. The Labute approximate surface area is 110 Å². The molecule has 0 radical (unpaired) electrons. The zero-order chi connectivity index (χ0) is 13.2. The van der Waals surface area contributed by atoms with Crippen molar-refractivity contribution in [1.29, 1.82) is 0 Å². The summed E-state index contributed by atoms with van der Waals surface area (Å²) in [7, 11) is 0. The van der Waals surface area contributed by atoms with Gasteiger partial charge in [0.2, 0.25) is 0 Å². The summed E-state index contributed by atoms with van der Waals surface area (Å²) in [6.07, 6.45) is 7.38. The quantitative estimate of drug-likeness (QED) is 0.694. The number of carbonyl (C=O) groups is 1. The van der Waals surface area contributed by atoms with Gasteiger partial charge in [-0.3, -0.25) is 4.79 Å². The summed E-state index contributed by atoms with van der Waals surface area (Å²) >= 11 is 0. The first kappa shape index (κ1) is 12.5. The molecule has 0 amide bonds. The van der Waals surface area contributed by atoms with Gasteiger partial charge in [0.05, 0.1) is 0 Å². The van der Waals surface area contributed by atoms with E-state index in [4.69, 9.17) is 4.74 Å². The van der Waals surface area contributed by atoms with Crippen LogP contribution in [0.1, 0.15) is 66.2 Å². The summed E-state index contributed by atoms with van der Waals surface area (Å²) in [5.41, 5.74) is 0.473. The molecule has 3 saturated carbocycles. The largest absolute Gasteiger partial charge is 0.460 e. The number of ether oxygens (including phenoxy) is 1. The standard InChI is InChI=1S/C16H26O2/c1-13(2)7-5-8-16(18-11-17)14(3,4)12-6-9-15(13,16)10-12/h11-12H,5-10H2,1-4H3. The van der Waals surface area contributed by atoms with Crippen LogP contribution < -0.4 is 0 Å². The molecule has 2 bridgehead atoms. The second-order valence-electron chi connectivity index (χ2n) is 8.02. The Bertz CT molecular complexity index is 385. The van der Waals surface area contributed by atoms with E-state index >= 15 is 0 Å². The molecule has 0 aromatic carbocycles. The molecule has 3 unspecified atom stereocenters. The van der Waals surface area contributed by atoms with Crippen LogP contribution in [0.3, 0.4) is 0 Å². The van der Waals surface area contributed by atoms with Crippen LogP contribution in [0.2, 0.25) is 0 Å². The average Bonchev–Trinajstić information content (AvgIpc) is 2.78. The molecule has 0 aromatic rings. The van der Waals surface area contributed by atoms with Crippen molar-refractivity contribution in [2.75, 3.05) is 0 Å². The molecular formula is C16H26O2. The van der Waals surface area contributed by atoms with E-state index in [1.54, 1.807) is 0 Å². The monoisotopic (exact) mass is 250 g/mol. The number of rotatable bonds is 2. The first-order valence-corrected chi connectivity index (χ1v) is 7.44. The molecule has 0 N–H and O–H groups in total. The predicted octanol–water partition coefficient (Wildman–Crippen LogP) is 3.93. The van der Waals surface area contributed by atoms with Gasteiger partial charge >= 0.3 is 0 Å². The van der Waals surface area contributed by atoms with E-state index in [2.05, 4.69) is 27.7 Å². The Kier molecular flexibility index (Phi) is 2.30. The van der Waals surface area contributed by atoms with E-state index < -0.39 is 0 Å². The smallest absolute Gasteiger partial charge is 0.293 e. The highest BCUT2D eigenvalue weighted by atomic mass is 16.5. The summed E-state index contributed by atoms with van der Waals surface area (Å²) in [6, 6.07) is 0. The van der Waals surface area contributed by atoms with Gasteiger partial charge in [-0.05, 0) is 49.9 Å². The minimum atomic E-state index is -0.202. The normalized spacial score (nSPS) is 47.7. The maximum atomic E-state index is 11.2. The molecular weight excluding hydrogens is 224 g/mol. The molecule has 0 aliphatic heterocycles. The molecule has 2 nitrogen and oxygen atoms in total. The van der Waals surface area contributed by atoms with E-state index in [0.717, 1.165) is 18.8 Å². The topological polar surface area (TPSA) is 26.3 Å². The van der Waals surface area contributed by atoms with E-state index in [0.29, 0.717) is 5.41 Å². The van der Waals surface area contributed by atoms with Gasteiger partial charge in [0, 0.05) is 10.8 Å². The van der Waals surface area contributed by atoms with Crippen molar-refractivity contribution in [3.05, 3.63) is 0 Å². The minimum Gasteiger partial charge on any atom is -0.460 e. The second kappa shape index (κ2) is 3.32. The van der Waals surface area contributed by atoms with Crippen LogP contribution in [0.25, 0.3) is 0 Å². The zero-order valence-electron chi connectivity index (χ0n) is 12.2. The molecule has 0 saturated heterocycles. The molecule has 3 aliphatic rings. The fourth-order valence-electron chi connectivity index (χ4n) is 6.12. The highest BCUT2D eigenvalue weighted by molar-refractivity contribution is 5.42. The molecule has 0 heterocycles. The van der Waals surface area contributed by atoms with Crippen molar-refractivity contribution in [3.8, 4) is 0 Å². The van der Waals surface area contributed by atoms with Crippen LogP contribution in [-0.4, -0.2) is 12.1 Å². The van der Waals surface area contributed by atoms with Gasteiger partial charge in [-0.25, -0.2) is 0 Å². The first-order valence-electron chi connectivity index (χ1n) is 7.44. The number of hydrogen-bond donors (Lipinski definition) is 0. The van der Waals surface area contributed by atoms with Crippen molar-refractivity contribution >= 4 is 6.47 Å². The maximum absolute atomic E-state index is 11.2. The molecule has 3 aliphatic carbocycles. The highest BCUT2D eigenvalue weighted by Crippen LogP contribution is 2.78. The number of hydrogen-bond acceptors (Lipinski definition) is 2. The second-order valence-corrected chi connectivity index (χ2v) is 8.02. The van der Waals surface area contributed by atoms with Crippen LogP contribution in [0.4, 0.5) is 0 Å². The predicted molar refractivity (Wildman–Crippen MR) is 71.1 cm³/mol. The molecule has 102 valence electrons. The van der Waals surface area contributed by atoms with Crippen LogP contribution in [0.15, 0.2) is 0 Å². The lowest BCUT2D eigenvalue weighted by molar-refractivity contribution is -0.227. The lowest BCUT2D eigenvalue weighted by Gasteiger charge is -2.62. The van der Waals surface area contributed by atoms with Crippen molar-refractivity contribution in [1.82, 2.24) is 0 Å². The number of carbonyl (C=O) groups excluding carboxylic acids is 1. The Morgan fingerprint density at radius 1 is 1.11 bits per heavy atom. The SMILES string of the molecule is CC1(C)CCCC2(OC=O)C(C)(C)C3CCC12C3. The van der Waals surface area contributed by atoms with E-state index in [9.17, 15) is 4.79 Å². The van der Waals surface area contributed by atoms with Gasteiger partial charge in [-0.1, -0.05) is 27.7 Å². The van der Waals surface area contributed by atoms with Crippen molar-refractivity contribution < 1.29 is 9.53 Å². The van der Waals surface area contributed by atoms with Crippen LogP contribution >= 0.6 is 0 Å². The summed E-state index contributed by atoms with van der Waals surface area (Å²) in [6.45, 7) is 10.2. The molecule has 3 atom stereocenters. The average molecular weight is 250 g/mol. The molecule has 0 aromatic heterocycles. The van der Waals surface area contributed by atoms with Crippen molar-refractivity contribution in [3.63, 3.8) is 0 Å². The summed E-state index contributed by atoms with van der Waals surface area (Å²) in [5, 5.41) is 0. The third-order valence-electron chi connectivity index (χ3n) is 7.22. The molecule has 18 heavy (non-hydrogen) atoms. The maximum Gasteiger partial charge on any atom is 0.293 e. The highest BCUT2D eigenvalue weighted by Gasteiger charge is 2.77. The Morgan fingerprint density at radius 3 is 2.50 bits per heavy atom. The van der Waals surface area contributed by atoms with Crippen molar-refractivity contribution in [2.45, 2.75) is 71.8 Å². The molecule has 2 heteroatoms. The summed E-state index contributed by atoms with van der Waals surface area (Å²) < 4.78 is 5.89. The number of fused-ring (bicyclic) bond motifs is 1. The van der Waals surface area contributed by atoms with Gasteiger partial charge in [-0.2, -0.15) is 0 Å². The Hall–Kier alpha value is -0.530. The lowest BCUT2D eigenvalue weighted by atomic mass is 9.46. The molecule has 3 rings (SSSR count). The van der Waals surface area contributed by atoms with E-state index in [1.165, 1.54) is 32.1 Å². The summed E-state index contributed by atoms with van der Waals surface area (Å²) in [4.78, 5) is 11.2. The lowest BCUT2D eigenvalue weighted by Crippen LogP contribution is -2.63. The van der Waals surface area contributed by atoms with Gasteiger partial charge < -0.3 is 4.74 Å². The van der Waals surface area contributed by atoms with Crippen LogP contribution in [0.5, 0.6) is 0 Å². The van der Waals surface area contributed by atoms with Crippen LogP contribution in [0, 0.1) is 22.2 Å². The Morgan fingerprint density at radius 2 is 1.83 bits per heavy atom. The van der Waals surface area contributed by atoms with Gasteiger partial charge in [0.25, 0.3) is 6.47 Å². The first-order chi connectivity index (χ1) is 8.33. The van der Waals surface area contributed by atoms with Gasteiger partial charge in [0.15, 0.2) is 0 Å². The minimum absolute atomic E-state index is 0.143. The van der Waals surface area contributed by atoms with Gasteiger partial charge in [-0.15, -0.1) is 0 Å². The fraction of sp³-hybridized carbons (Fsp3) is 0.938. The molecule has 1 spiro atoms. The van der Waals surface area contributed by atoms with Gasteiger partial charge in [0.1, 0.15) is 5.60 Å². The Balaban J connectivity index is 2.18. The van der Waals surface area contributed by atoms with Crippen LogP contribution in [-0.2, 0) is 9.53 Å². The van der Waals surface area contributed by atoms with Crippen molar-refractivity contribution in [2.24, 2.45) is 22.2 Å². The van der Waals surface area contributed by atoms with E-state index in [1.807, 2.05) is 0 Å².